The highest BCUT2D eigenvalue weighted by atomic mass is 16.5. The molecule has 0 aliphatic heterocycles. The first-order valence-electron chi connectivity index (χ1n) is 14.5. The predicted octanol–water partition coefficient (Wildman–Crippen LogP) is 6.64. The smallest absolute Gasteiger partial charge is 0.338 e. The molecule has 5 heteroatoms. The fourth-order valence-corrected chi connectivity index (χ4v) is 9.42. The normalized spacial score (nSPS) is 39.6. The van der Waals surface area contributed by atoms with Crippen molar-refractivity contribution in [2.45, 2.75) is 91.1 Å². The minimum Gasteiger partial charge on any atom is -0.469 e. The van der Waals surface area contributed by atoms with E-state index in [1.807, 2.05) is 30.3 Å². The van der Waals surface area contributed by atoms with Crippen LogP contribution < -0.4 is 0 Å². The van der Waals surface area contributed by atoms with E-state index < -0.39 is 0 Å². The Balaban J connectivity index is 1.27. The highest BCUT2D eigenvalue weighted by Crippen LogP contribution is 2.67. The van der Waals surface area contributed by atoms with Gasteiger partial charge in [-0.05, 0) is 104 Å². The molecular formula is C32H44O5. The van der Waals surface area contributed by atoms with Crippen LogP contribution in [0.2, 0.25) is 0 Å². The zero-order valence-corrected chi connectivity index (χ0v) is 23.0. The van der Waals surface area contributed by atoms with E-state index in [0.29, 0.717) is 59.7 Å². The molecule has 9 atom stereocenters. The van der Waals surface area contributed by atoms with Crippen LogP contribution in [0.5, 0.6) is 0 Å². The number of Topliss-reactive ketones (excluding diaryl/α,β-unsaturated/α-hetero) is 1. The van der Waals surface area contributed by atoms with E-state index in [1.165, 1.54) is 20.0 Å². The molecule has 0 aromatic heterocycles. The number of benzene rings is 1. The molecule has 37 heavy (non-hydrogen) atoms. The first-order chi connectivity index (χ1) is 17.7. The first-order valence-corrected chi connectivity index (χ1v) is 14.5. The quantitative estimate of drug-likeness (QED) is 0.403. The van der Waals surface area contributed by atoms with Crippen LogP contribution in [0.1, 0.15) is 95.3 Å². The van der Waals surface area contributed by atoms with E-state index in [1.54, 1.807) is 0 Å². The minimum absolute atomic E-state index is 0.0292. The van der Waals surface area contributed by atoms with Gasteiger partial charge in [-0.2, -0.15) is 0 Å². The number of ether oxygens (including phenoxy) is 2. The molecule has 0 amide bonds. The van der Waals surface area contributed by atoms with Crippen LogP contribution in [-0.2, 0) is 19.1 Å². The monoisotopic (exact) mass is 508 g/mol. The predicted molar refractivity (Wildman–Crippen MR) is 142 cm³/mol. The van der Waals surface area contributed by atoms with E-state index >= 15 is 0 Å². The van der Waals surface area contributed by atoms with Gasteiger partial charge >= 0.3 is 11.9 Å². The third-order valence-electron chi connectivity index (χ3n) is 11.6. The van der Waals surface area contributed by atoms with Crippen LogP contribution in [0.25, 0.3) is 0 Å². The molecule has 4 aliphatic rings. The summed E-state index contributed by atoms with van der Waals surface area (Å²) in [4.78, 5) is 38.4. The van der Waals surface area contributed by atoms with Gasteiger partial charge in [0.05, 0.1) is 12.7 Å². The summed E-state index contributed by atoms with van der Waals surface area (Å²) in [6.45, 7) is 6.93. The van der Waals surface area contributed by atoms with Gasteiger partial charge in [0.15, 0.2) is 0 Å². The largest absolute Gasteiger partial charge is 0.469 e. The van der Waals surface area contributed by atoms with E-state index in [9.17, 15) is 14.4 Å². The summed E-state index contributed by atoms with van der Waals surface area (Å²) in [5, 5.41) is 0. The van der Waals surface area contributed by atoms with E-state index in [2.05, 4.69) is 20.8 Å². The topological polar surface area (TPSA) is 69.7 Å². The van der Waals surface area contributed by atoms with Gasteiger partial charge in [-0.25, -0.2) is 4.79 Å². The van der Waals surface area contributed by atoms with E-state index in [-0.39, 0.29) is 28.9 Å². The number of hydrogen-bond acceptors (Lipinski definition) is 5. The average Bonchev–Trinajstić information content (AvgIpc) is 3.27. The minimum atomic E-state index is -0.262. The average molecular weight is 509 g/mol. The molecular weight excluding hydrogens is 464 g/mol. The Bertz CT molecular complexity index is 1020. The summed E-state index contributed by atoms with van der Waals surface area (Å²) in [6, 6.07) is 9.29. The van der Waals surface area contributed by atoms with Gasteiger partial charge in [0.1, 0.15) is 11.9 Å². The van der Waals surface area contributed by atoms with Gasteiger partial charge in [0.2, 0.25) is 0 Å². The third-order valence-corrected chi connectivity index (χ3v) is 11.6. The molecule has 5 rings (SSSR count). The lowest BCUT2D eigenvalue weighted by Crippen LogP contribution is -2.57. The van der Waals surface area contributed by atoms with Crippen LogP contribution in [0.4, 0.5) is 0 Å². The Morgan fingerprint density at radius 3 is 2.51 bits per heavy atom. The maximum atomic E-state index is 14.0. The van der Waals surface area contributed by atoms with Gasteiger partial charge in [-0.1, -0.05) is 39.0 Å². The number of carbonyl (C=O) groups excluding carboxylic acids is 3. The van der Waals surface area contributed by atoms with Crippen molar-refractivity contribution in [3.05, 3.63) is 35.9 Å². The van der Waals surface area contributed by atoms with Crippen molar-refractivity contribution in [1.29, 1.82) is 0 Å². The van der Waals surface area contributed by atoms with Gasteiger partial charge in [-0.3, -0.25) is 9.59 Å². The van der Waals surface area contributed by atoms with Crippen molar-refractivity contribution in [2.24, 2.45) is 46.3 Å². The lowest BCUT2D eigenvalue weighted by atomic mass is 9.44. The van der Waals surface area contributed by atoms with Crippen molar-refractivity contribution in [3.8, 4) is 0 Å². The Hall–Kier alpha value is -2.17. The summed E-state index contributed by atoms with van der Waals surface area (Å²) < 4.78 is 10.8. The molecule has 5 nitrogen and oxygen atoms in total. The Morgan fingerprint density at radius 1 is 1.03 bits per heavy atom. The maximum Gasteiger partial charge on any atom is 0.338 e. The van der Waals surface area contributed by atoms with Crippen LogP contribution in [0.15, 0.2) is 30.3 Å². The highest BCUT2D eigenvalue weighted by molar-refractivity contribution is 5.89. The molecule has 202 valence electrons. The molecule has 4 saturated carbocycles. The zero-order valence-electron chi connectivity index (χ0n) is 23.0. The first kappa shape index (κ1) is 26.4. The fourth-order valence-electron chi connectivity index (χ4n) is 9.42. The maximum absolute atomic E-state index is 14.0. The molecule has 0 saturated heterocycles. The summed E-state index contributed by atoms with van der Waals surface area (Å²) in [5.41, 5.74) is 0.500. The van der Waals surface area contributed by atoms with Gasteiger partial charge in [0, 0.05) is 18.3 Å². The van der Waals surface area contributed by atoms with Gasteiger partial charge in [0.25, 0.3) is 0 Å². The second-order valence-corrected chi connectivity index (χ2v) is 13.0. The molecule has 9 unspecified atom stereocenters. The number of ketones is 1. The Morgan fingerprint density at radius 2 is 1.78 bits per heavy atom. The standard InChI is InChI=1S/C32H44O5/c1-20(10-15-29(34)36-4)25-13-14-26-24-12-11-22-18-23(37-30(35)21-8-6-5-7-9-21)16-17-31(22,2)27(24)19-28(33)32(25,26)3/h5-9,20,22-27H,10-19H2,1-4H3. The lowest BCUT2D eigenvalue weighted by molar-refractivity contribution is -0.160. The summed E-state index contributed by atoms with van der Waals surface area (Å²) >= 11 is 0. The molecule has 4 fully saturated rings. The summed E-state index contributed by atoms with van der Waals surface area (Å²) in [7, 11) is 1.45. The third kappa shape index (κ3) is 4.55. The number of fused-ring (bicyclic) bond motifs is 5. The summed E-state index contributed by atoms with van der Waals surface area (Å²) in [5.74, 6) is 2.79. The molecule has 0 radical (unpaired) electrons. The molecule has 1 aromatic rings. The van der Waals surface area contributed by atoms with Crippen LogP contribution >= 0.6 is 0 Å². The zero-order chi connectivity index (χ0) is 26.4. The second-order valence-electron chi connectivity index (χ2n) is 13.0. The number of esters is 2. The van der Waals surface area contributed by atoms with E-state index in [0.717, 1.165) is 38.5 Å². The number of methoxy groups -OCH3 is 1. The number of carbonyl (C=O) groups is 3. The fraction of sp³-hybridized carbons (Fsp3) is 0.719. The number of hydrogen-bond donors (Lipinski definition) is 0. The Kier molecular flexibility index (Phi) is 7.28. The SMILES string of the molecule is COC(=O)CCC(C)C1CCC2C3CCC4CC(OC(=O)c5ccccc5)CCC4(C)C3CC(=O)C12C. The van der Waals surface area contributed by atoms with Crippen molar-refractivity contribution >= 4 is 17.7 Å². The van der Waals surface area contributed by atoms with Gasteiger partial charge < -0.3 is 9.47 Å². The van der Waals surface area contributed by atoms with Crippen molar-refractivity contribution < 1.29 is 23.9 Å². The van der Waals surface area contributed by atoms with Gasteiger partial charge in [-0.15, -0.1) is 0 Å². The molecule has 0 spiro atoms. The van der Waals surface area contributed by atoms with E-state index in [4.69, 9.17) is 9.47 Å². The van der Waals surface area contributed by atoms with Crippen LogP contribution in [0, 0.1) is 46.3 Å². The second kappa shape index (κ2) is 10.2. The Labute approximate surface area is 222 Å². The number of rotatable bonds is 6. The lowest BCUT2D eigenvalue weighted by Gasteiger charge is -2.60. The molecule has 4 aliphatic carbocycles. The van der Waals surface area contributed by atoms with Crippen molar-refractivity contribution in [1.82, 2.24) is 0 Å². The highest BCUT2D eigenvalue weighted by Gasteiger charge is 2.64. The van der Waals surface area contributed by atoms with Crippen LogP contribution in [-0.4, -0.2) is 30.9 Å². The molecule has 0 bridgehead atoms. The van der Waals surface area contributed by atoms with Crippen LogP contribution in [0.3, 0.4) is 0 Å². The van der Waals surface area contributed by atoms with Crippen molar-refractivity contribution in [2.75, 3.05) is 7.11 Å². The molecule has 0 N–H and O–H groups in total. The molecule has 1 aromatic carbocycles. The molecule has 0 heterocycles. The summed E-state index contributed by atoms with van der Waals surface area (Å²) in [6.07, 6.45) is 9.31. The van der Waals surface area contributed by atoms with Crippen molar-refractivity contribution in [3.63, 3.8) is 0 Å².